The fourth-order valence-corrected chi connectivity index (χ4v) is 4.69. The summed E-state index contributed by atoms with van der Waals surface area (Å²) in [7, 11) is 1.71. The molecule has 0 N–H and O–H groups in total. The number of hydrogen-bond donors (Lipinski definition) is 0. The number of amides is 1. The number of methoxy groups -OCH3 is 1. The normalized spacial score (nSPS) is 29.6. The maximum Gasteiger partial charge on any atom is 0.227 e. The molecule has 5 nitrogen and oxygen atoms in total. The smallest absolute Gasteiger partial charge is 0.227 e. The predicted molar refractivity (Wildman–Crippen MR) is 95.4 cm³/mol. The molecule has 1 aromatic carbocycles. The Bertz CT molecular complexity index is 615. The molecule has 0 saturated carbocycles. The van der Waals surface area contributed by atoms with Crippen LogP contribution in [-0.2, 0) is 16.1 Å². The first-order valence-corrected chi connectivity index (χ1v) is 9.51. The molecule has 0 aromatic heterocycles. The summed E-state index contributed by atoms with van der Waals surface area (Å²) in [6, 6.07) is 8.15. The van der Waals surface area contributed by atoms with E-state index in [1.807, 2.05) is 18.2 Å². The quantitative estimate of drug-likeness (QED) is 0.839. The van der Waals surface area contributed by atoms with Crippen LogP contribution in [0.3, 0.4) is 0 Å². The molecule has 5 heteroatoms. The van der Waals surface area contributed by atoms with E-state index in [2.05, 4.69) is 15.9 Å². The van der Waals surface area contributed by atoms with Crippen LogP contribution in [0.2, 0.25) is 0 Å². The Kier molecular flexibility index (Phi) is 4.95. The van der Waals surface area contributed by atoms with Crippen molar-refractivity contribution in [2.24, 2.45) is 11.8 Å². The molecule has 3 atom stereocenters. The minimum atomic E-state index is 0.0778. The zero-order chi connectivity index (χ0) is 17.2. The Balaban J connectivity index is 1.50. The molecular formula is C20H28N2O3. The highest BCUT2D eigenvalue weighted by Gasteiger charge is 2.45. The van der Waals surface area contributed by atoms with E-state index in [4.69, 9.17) is 9.47 Å². The SMILES string of the molecule is COc1ccccc1CN1C[C@H]2OCC[C@H]2[C@H](C(=O)N2CCCC2)C1. The number of nitrogens with zero attached hydrogens (tertiary/aromatic N) is 2. The second kappa shape index (κ2) is 7.34. The van der Waals surface area contributed by atoms with Crippen molar-refractivity contribution in [2.75, 3.05) is 39.9 Å². The van der Waals surface area contributed by atoms with Gasteiger partial charge in [0.15, 0.2) is 0 Å². The average molecular weight is 344 g/mol. The van der Waals surface area contributed by atoms with E-state index in [0.29, 0.717) is 11.8 Å². The third-order valence-corrected chi connectivity index (χ3v) is 5.99. The summed E-state index contributed by atoms with van der Waals surface area (Å²) in [5.74, 6) is 1.73. The van der Waals surface area contributed by atoms with Gasteiger partial charge in [-0.15, -0.1) is 0 Å². The Morgan fingerprint density at radius 1 is 1.24 bits per heavy atom. The lowest BCUT2D eigenvalue weighted by Gasteiger charge is -2.40. The zero-order valence-corrected chi connectivity index (χ0v) is 15.0. The molecule has 1 amide bonds. The summed E-state index contributed by atoms with van der Waals surface area (Å²) in [5.41, 5.74) is 1.17. The van der Waals surface area contributed by atoms with Gasteiger partial charge in [-0.1, -0.05) is 18.2 Å². The maximum absolute atomic E-state index is 13.1. The molecular weight excluding hydrogens is 316 g/mol. The van der Waals surface area contributed by atoms with Crippen LogP contribution in [-0.4, -0.2) is 61.7 Å². The van der Waals surface area contributed by atoms with E-state index in [1.54, 1.807) is 7.11 Å². The van der Waals surface area contributed by atoms with Gasteiger partial charge in [-0.25, -0.2) is 0 Å². The highest BCUT2D eigenvalue weighted by molar-refractivity contribution is 5.80. The van der Waals surface area contributed by atoms with Crippen LogP contribution in [0, 0.1) is 11.8 Å². The van der Waals surface area contributed by atoms with Crippen LogP contribution in [0.25, 0.3) is 0 Å². The molecule has 25 heavy (non-hydrogen) atoms. The van der Waals surface area contributed by atoms with Crippen molar-refractivity contribution < 1.29 is 14.3 Å². The van der Waals surface area contributed by atoms with Gasteiger partial charge in [0.25, 0.3) is 0 Å². The summed E-state index contributed by atoms with van der Waals surface area (Å²) in [6.07, 6.45) is 3.51. The molecule has 4 rings (SSSR count). The van der Waals surface area contributed by atoms with Crippen LogP contribution in [0.1, 0.15) is 24.8 Å². The van der Waals surface area contributed by atoms with Crippen LogP contribution in [0.5, 0.6) is 5.75 Å². The van der Waals surface area contributed by atoms with E-state index in [1.165, 1.54) is 5.56 Å². The highest BCUT2D eigenvalue weighted by Crippen LogP contribution is 2.36. The molecule has 1 aromatic rings. The molecule has 3 aliphatic heterocycles. The number of para-hydroxylation sites is 1. The fourth-order valence-electron chi connectivity index (χ4n) is 4.69. The van der Waals surface area contributed by atoms with Gasteiger partial charge < -0.3 is 14.4 Å². The van der Waals surface area contributed by atoms with Gasteiger partial charge in [0.2, 0.25) is 5.91 Å². The van der Waals surface area contributed by atoms with Gasteiger partial charge in [-0.05, 0) is 25.3 Å². The topological polar surface area (TPSA) is 42.0 Å². The van der Waals surface area contributed by atoms with Crippen molar-refractivity contribution in [3.8, 4) is 5.75 Å². The zero-order valence-electron chi connectivity index (χ0n) is 15.0. The molecule has 3 heterocycles. The monoisotopic (exact) mass is 344 g/mol. The molecule has 0 spiro atoms. The summed E-state index contributed by atoms with van der Waals surface area (Å²) >= 11 is 0. The number of fused-ring (bicyclic) bond motifs is 1. The number of likely N-dealkylation sites (tertiary alicyclic amines) is 2. The number of hydrogen-bond acceptors (Lipinski definition) is 4. The third kappa shape index (κ3) is 3.40. The Morgan fingerprint density at radius 3 is 2.84 bits per heavy atom. The summed E-state index contributed by atoms with van der Waals surface area (Å²) in [4.78, 5) is 17.5. The average Bonchev–Trinajstić information content (AvgIpc) is 3.32. The van der Waals surface area contributed by atoms with Gasteiger partial charge in [-0.2, -0.15) is 0 Å². The molecule has 136 valence electrons. The second-order valence-corrected chi connectivity index (χ2v) is 7.51. The van der Waals surface area contributed by atoms with E-state index >= 15 is 0 Å². The molecule has 0 bridgehead atoms. The lowest BCUT2D eigenvalue weighted by atomic mass is 9.81. The lowest BCUT2D eigenvalue weighted by molar-refractivity contribution is -0.140. The number of benzene rings is 1. The van der Waals surface area contributed by atoms with E-state index in [9.17, 15) is 4.79 Å². The molecule has 3 fully saturated rings. The van der Waals surface area contributed by atoms with Crippen molar-refractivity contribution in [1.82, 2.24) is 9.80 Å². The molecule has 0 aliphatic carbocycles. The van der Waals surface area contributed by atoms with Gasteiger partial charge in [0.1, 0.15) is 5.75 Å². The van der Waals surface area contributed by atoms with Crippen molar-refractivity contribution in [1.29, 1.82) is 0 Å². The van der Waals surface area contributed by atoms with E-state index in [-0.39, 0.29) is 12.0 Å². The first kappa shape index (κ1) is 16.9. The highest BCUT2D eigenvalue weighted by atomic mass is 16.5. The Morgan fingerprint density at radius 2 is 2.04 bits per heavy atom. The second-order valence-electron chi connectivity index (χ2n) is 7.51. The van der Waals surface area contributed by atoms with Gasteiger partial charge >= 0.3 is 0 Å². The number of piperidine rings is 1. The first-order valence-electron chi connectivity index (χ1n) is 9.51. The van der Waals surface area contributed by atoms with Crippen LogP contribution < -0.4 is 4.74 Å². The number of rotatable bonds is 4. The van der Waals surface area contributed by atoms with Gasteiger partial charge in [0.05, 0.1) is 19.1 Å². The standard InChI is InChI=1S/C20H28N2O3/c1-24-18-7-3-2-6-15(18)12-21-13-17(16-8-11-25-19(16)14-21)20(23)22-9-4-5-10-22/h2-3,6-7,16-17,19H,4-5,8-14H2,1H3/t16-,17+,19+/m0/s1. The summed E-state index contributed by atoms with van der Waals surface area (Å²) in [5, 5.41) is 0. The summed E-state index contributed by atoms with van der Waals surface area (Å²) in [6.45, 7) is 5.20. The maximum atomic E-state index is 13.1. The Labute approximate surface area is 149 Å². The fraction of sp³-hybridized carbons (Fsp3) is 0.650. The number of carbonyl (C=O) groups excluding carboxylic acids is 1. The van der Waals surface area contributed by atoms with Gasteiger partial charge in [0, 0.05) is 50.8 Å². The van der Waals surface area contributed by atoms with Crippen LogP contribution in [0.15, 0.2) is 24.3 Å². The van der Waals surface area contributed by atoms with Crippen molar-refractivity contribution >= 4 is 5.91 Å². The largest absolute Gasteiger partial charge is 0.496 e. The van der Waals surface area contributed by atoms with Crippen molar-refractivity contribution in [3.05, 3.63) is 29.8 Å². The number of carbonyl (C=O) groups is 1. The van der Waals surface area contributed by atoms with E-state index in [0.717, 1.165) is 64.3 Å². The molecule has 0 radical (unpaired) electrons. The number of ether oxygens (including phenoxy) is 2. The van der Waals surface area contributed by atoms with Gasteiger partial charge in [-0.3, -0.25) is 9.69 Å². The molecule has 3 saturated heterocycles. The Hall–Kier alpha value is -1.59. The van der Waals surface area contributed by atoms with Crippen molar-refractivity contribution in [3.63, 3.8) is 0 Å². The minimum Gasteiger partial charge on any atom is -0.496 e. The third-order valence-electron chi connectivity index (χ3n) is 5.99. The van der Waals surface area contributed by atoms with Crippen molar-refractivity contribution in [2.45, 2.75) is 31.9 Å². The minimum absolute atomic E-state index is 0.0778. The van der Waals surface area contributed by atoms with E-state index < -0.39 is 0 Å². The molecule has 3 aliphatic rings. The summed E-state index contributed by atoms with van der Waals surface area (Å²) < 4.78 is 11.5. The lowest BCUT2D eigenvalue weighted by Crippen LogP contribution is -2.52. The predicted octanol–water partition coefficient (Wildman–Crippen LogP) is 2.15. The van der Waals surface area contributed by atoms with Crippen LogP contribution in [0.4, 0.5) is 0 Å². The molecule has 0 unspecified atom stereocenters. The first-order chi connectivity index (χ1) is 12.3. The van der Waals surface area contributed by atoms with Crippen LogP contribution >= 0.6 is 0 Å².